The predicted octanol–water partition coefficient (Wildman–Crippen LogP) is 4.18. The number of hydrogen-bond donors (Lipinski definition) is 4. The summed E-state index contributed by atoms with van der Waals surface area (Å²) < 4.78 is 6.24. The van der Waals surface area contributed by atoms with Gasteiger partial charge in [0.2, 0.25) is 5.36 Å². The summed E-state index contributed by atoms with van der Waals surface area (Å²) >= 11 is 12.9. The molecule has 0 amide bonds. The second-order valence-corrected chi connectivity index (χ2v) is 8.67. The van der Waals surface area contributed by atoms with Gasteiger partial charge in [-0.05, 0) is 37.6 Å². The van der Waals surface area contributed by atoms with E-state index in [1.807, 2.05) is 38.1 Å². The summed E-state index contributed by atoms with van der Waals surface area (Å²) in [5.41, 5.74) is 3.60. The predicted molar refractivity (Wildman–Crippen MR) is 131 cm³/mol. The van der Waals surface area contributed by atoms with E-state index in [1.165, 1.54) is 6.07 Å². The SMILES string of the molecule is CNc1cc2oc3cc(=[NH+]C)c(C)cc-3c(-c3c(Cl)cc(C(=O)O)c(Cl)c3C(=O)O)c2cc1C. The molecular weight excluding hydrogens is 479 g/mol. The maximum absolute atomic E-state index is 12.4. The number of carboxylic acid groups (broad SMARTS) is 2. The fraction of sp³-hybridized carbons (Fsp3) is 0.160. The molecule has 1 aliphatic heterocycles. The lowest BCUT2D eigenvalue weighted by Gasteiger charge is -2.20. The van der Waals surface area contributed by atoms with Crippen molar-refractivity contribution < 1.29 is 29.2 Å². The minimum absolute atomic E-state index is 0.0429. The van der Waals surface area contributed by atoms with Gasteiger partial charge in [0, 0.05) is 46.4 Å². The molecule has 0 spiro atoms. The number of hydrogen-bond acceptors (Lipinski definition) is 4. The van der Waals surface area contributed by atoms with E-state index in [0.717, 1.165) is 22.2 Å². The molecule has 2 aromatic carbocycles. The van der Waals surface area contributed by atoms with Gasteiger partial charge in [-0.1, -0.05) is 23.2 Å². The first kappa shape index (κ1) is 23.6. The van der Waals surface area contributed by atoms with Gasteiger partial charge in [0.05, 0.1) is 27.2 Å². The van der Waals surface area contributed by atoms with Crippen molar-refractivity contribution in [2.24, 2.45) is 0 Å². The quantitative estimate of drug-likeness (QED) is 0.313. The number of aryl methyl sites for hydroxylation is 2. The highest BCUT2D eigenvalue weighted by Gasteiger charge is 2.29. The molecule has 7 nitrogen and oxygen atoms in total. The number of rotatable bonds is 4. The molecule has 0 radical (unpaired) electrons. The Morgan fingerprint density at radius 1 is 0.971 bits per heavy atom. The molecule has 0 unspecified atom stereocenters. The Morgan fingerprint density at radius 3 is 2.26 bits per heavy atom. The lowest BCUT2D eigenvalue weighted by Crippen LogP contribution is -2.72. The lowest BCUT2D eigenvalue weighted by molar-refractivity contribution is -0.466. The van der Waals surface area contributed by atoms with Crippen LogP contribution < -0.4 is 15.7 Å². The number of carboxylic acids is 2. The number of aromatic carboxylic acids is 2. The minimum Gasteiger partial charge on any atom is -0.478 e. The molecule has 2 aliphatic rings. The third-order valence-corrected chi connectivity index (χ3v) is 6.55. The largest absolute Gasteiger partial charge is 0.478 e. The number of halogens is 2. The van der Waals surface area contributed by atoms with Gasteiger partial charge >= 0.3 is 11.9 Å². The lowest BCUT2D eigenvalue weighted by atomic mass is 9.88. The first-order chi connectivity index (χ1) is 16.1. The van der Waals surface area contributed by atoms with Gasteiger partial charge in [-0.2, -0.15) is 0 Å². The zero-order valence-corrected chi connectivity index (χ0v) is 20.3. The van der Waals surface area contributed by atoms with Crippen molar-refractivity contribution in [2.75, 3.05) is 19.4 Å². The van der Waals surface area contributed by atoms with Crippen LogP contribution in [0, 0.1) is 13.8 Å². The van der Waals surface area contributed by atoms with E-state index < -0.39 is 17.0 Å². The standard InChI is InChI=1S/C25H20Cl2N2O5/c1-10-5-12-18(8-16(10)28-3)34-19-9-17(29-4)11(2)6-13(19)20(12)21-15(26)7-14(24(30)31)23(27)22(21)25(32)33/h5-9,28H,1-4H3,(H,30,31)(H,32,33)/p+1. The van der Waals surface area contributed by atoms with Crippen LogP contribution in [0.15, 0.2) is 34.7 Å². The summed E-state index contributed by atoms with van der Waals surface area (Å²) in [5.74, 6) is -2.27. The van der Waals surface area contributed by atoms with Crippen molar-refractivity contribution in [1.29, 1.82) is 0 Å². The fourth-order valence-electron chi connectivity index (χ4n) is 4.23. The Hall–Kier alpha value is -3.55. The van der Waals surface area contributed by atoms with Crippen molar-refractivity contribution in [3.8, 4) is 22.5 Å². The van der Waals surface area contributed by atoms with Gasteiger partial charge in [0.25, 0.3) is 0 Å². The Morgan fingerprint density at radius 2 is 1.68 bits per heavy atom. The van der Waals surface area contributed by atoms with Crippen molar-refractivity contribution in [3.63, 3.8) is 0 Å². The van der Waals surface area contributed by atoms with Gasteiger partial charge in [0.15, 0.2) is 0 Å². The van der Waals surface area contributed by atoms with E-state index in [-0.39, 0.29) is 21.7 Å². The molecule has 1 heterocycles. The van der Waals surface area contributed by atoms with E-state index in [9.17, 15) is 19.8 Å². The smallest absolute Gasteiger partial charge is 0.337 e. The monoisotopic (exact) mass is 499 g/mol. The summed E-state index contributed by atoms with van der Waals surface area (Å²) in [4.78, 5) is 27.2. The van der Waals surface area contributed by atoms with Crippen molar-refractivity contribution in [3.05, 3.63) is 68.0 Å². The summed E-state index contributed by atoms with van der Waals surface area (Å²) in [5, 5.41) is 23.7. The average Bonchev–Trinajstić information content (AvgIpc) is 2.78. The highest BCUT2D eigenvalue weighted by molar-refractivity contribution is 6.41. The van der Waals surface area contributed by atoms with Crippen LogP contribution in [0.25, 0.3) is 33.4 Å². The van der Waals surface area contributed by atoms with Crippen LogP contribution in [-0.2, 0) is 0 Å². The minimum atomic E-state index is -1.39. The van der Waals surface area contributed by atoms with Crippen LogP contribution in [-0.4, -0.2) is 36.2 Å². The molecule has 1 aliphatic carbocycles. The molecule has 0 saturated heterocycles. The van der Waals surface area contributed by atoms with Gasteiger partial charge in [0.1, 0.15) is 18.4 Å². The van der Waals surface area contributed by atoms with E-state index >= 15 is 0 Å². The van der Waals surface area contributed by atoms with E-state index in [2.05, 4.69) is 10.3 Å². The normalized spacial score (nSPS) is 11.9. The summed E-state index contributed by atoms with van der Waals surface area (Å²) in [6.07, 6.45) is 0. The molecule has 4 N–H and O–H groups in total. The Balaban J connectivity index is 2.31. The van der Waals surface area contributed by atoms with Gasteiger partial charge < -0.3 is 19.9 Å². The second-order valence-electron chi connectivity index (χ2n) is 7.88. The Labute approximate surface area is 204 Å². The number of fused-ring (bicyclic) bond motifs is 2. The van der Waals surface area contributed by atoms with Crippen LogP contribution in [0.3, 0.4) is 0 Å². The second kappa shape index (κ2) is 8.66. The molecule has 0 saturated carbocycles. The molecule has 0 aromatic heterocycles. The topological polar surface area (TPSA) is 114 Å². The van der Waals surface area contributed by atoms with Crippen molar-refractivity contribution >= 4 is 51.8 Å². The van der Waals surface area contributed by atoms with Crippen molar-refractivity contribution in [1.82, 2.24) is 0 Å². The van der Waals surface area contributed by atoms with Crippen LogP contribution in [0.1, 0.15) is 31.8 Å². The number of carbonyl (C=O) groups is 2. The van der Waals surface area contributed by atoms with Crippen LogP contribution in [0.4, 0.5) is 5.69 Å². The molecule has 0 atom stereocenters. The van der Waals surface area contributed by atoms with Gasteiger partial charge in [-0.15, -0.1) is 0 Å². The summed E-state index contributed by atoms with van der Waals surface area (Å²) in [7, 11) is 3.59. The zero-order chi connectivity index (χ0) is 24.9. The Kier molecular flexibility index (Phi) is 6.02. The van der Waals surface area contributed by atoms with Crippen LogP contribution >= 0.6 is 23.2 Å². The zero-order valence-electron chi connectivity index (χ0n) is 18.8. The van der Waals surface area contributed by atoms with Gasteiger partial charge in [-0.3, -0.25) is 0 Å². The maximum atomic E-state index is 12.4. The molecule has 9 heteroatoms. The number of nitrogens with one attached hydrogen (secondary N) is 2. The number of anilines is 1. The Bertz CT molecular complexity index is 1560. The summed E-state index contributed by atoms with van der Waals surface area (Å²) in [6, 6.07) is 8.59. The third-order valence-electron chi connectivity index (χ3n) is 5.86. The number of benzene rings is 3. The average molecular weight is 500 g/mol. The van der Waals surface area contributed by atoms with Crippen LogP contribution in [0.2, 0.25) is 10.0 Å². The first-order valence-electron chi connectivity index (χ1n) is 10.3. The molecule has 4 rings (SSSR count). The molecule has 34 heavy (non-hydrogen) atoms. The maximum Gasteiger partial charge on any atom is 0.337 e. The highest BCUT2D eigenvalue weighted by Crippen LogP contribution is 2.47. The van der Waals surface area contributed by atoms with Crippen molar-refractivity contribution in [2.45, 2.75) is 13.8 Å². The summed E-state index contributed by atoms with van der Waals surface area (Å²) in [6.45, 7) is 3.82. The van der Waals surface area contributed by atoms with Gasteiger partial charge in [-0.25, -0.2) is 14.6 Å². The molecule has 0 bridgehead atoms. The molecular formula is C25H21Cl2N2O5+. The van der Waals surface area contributed by atoms with E-state index in [4.69, 9.17) is 27.6 Å². The molecule has 174 valence electrons. The fourth-order valence-corrected chi connectivity index (χ4v) is 4.84. The molecule has 2 aromatic rings. The van der Waals surface area contributed by atoms with Crippen LogP contribution in [0.5, 0.6) is 0 Å². The highest BCUT2D eigenvalue weighted by atomic mass is 35.5. The van der Waals surface area contributed by atoms with E-state index in [0.29, 0.717) is 27.9 Å². The molecule has 0 fully saturated rings. The first-order valence-corrected chi connectivity index (χ1v) is 11.0. The third kappa shape index (κ3) is 3.67. The van der Waals surface area contributed by atoms with E-state index in [1.54, 1.807) is 14.1 Å².